The van der Waals surface area contributed by atoms with Crippen LogP contribution in [0.25, 0.3) is 0 Å². The highest BCUT2D eigenvalue weighted by atomic mass is 32.1. The van der Waals surface area contributed by atoms with Crippen LogP contribution < -0.4 is 16.0 Å². The predicted octanol–water partition coefficient (Wildman–Crippen LogP) is 5.43. The first-order valence-electron chi connectivity index (χ1n) is 12.1. The molecule has 0 saturated heterocycles. The van der Waals surface area contributed by atoms with Gasteiger partial charge < -0.3 is 15.4 Å². The number of urea groups is 1. The number of halogens is 1. The maximum absolute atomic E-state index is 15.5. The van der Waals surface area contributed by atoms with E-state index in [4.69, 9.17) is 4.74 Å². The highest BCUT2D eigenvalue weighted by Crippen LogP contribution is 2.40. The van der Waals surface area contributed by atoms with E-state index in [9.17, 15) is 9.59 Å². The van der Waals surface area contributed by atoms with Crippen LogP contribution in [0.3, 0.4) is 0 Å². The quantitative estimate of drug-likeness (QED) is 0.353. The van der Waals surface area contributed by atoms with Gasteiger partial charge in [-0.3, -0.25) is 5.32 Å². The molecule has 3 N–H and O–H groups in total. The lowest BCUT2D eigenvalue weighted by molar-refractivity contribution is 0.0378. The van der Waals surface area contributed by atoms with Gasteiger partial charge in [0.15, 0.2) is 0 Å². The average molecular weight is 518 g/mol. The van der Waals surface area contributed by atoms with Crippen molar-refractivity contribution in [2.75, 3.05) is 11.9 Å². The molecule has 1 atom stereocenters. The number of rotatable bonds is 6. The number of amides is 2. The summed E-state index contributed by atoms with van der Waals surface area (Å²) in [7, 11) is 0. The van der Waals surface area contributed by atoms with Crippen molar-refractivity contribution in [3.8, 4) is 11.8 Å². The van der Waals surface area contributed by atoms with Crippen molar-refractivity contribution < 1.29 is 18.7 Å². The number of carbonyl (C=O) groups is 2. The number of carbonyl (C=O) groups excluding carboxylic acids is 2. The lowest BCUT2D eigenvalue weighted by Crippen LogP contribution is -2.30. The minimum absolute atomic E-state index is 0.189. The highest BCUT2D eigenvalue weighted by Gasteiger charge is 2.33. The molecule has 2 aromatic rings. The van der Waals surface area contributed by atoms with Crippen LogP contribution in [0, 0.1) is 11.8 Å². The second-order valence-corrected chi connectivity index (χ2v) is 11.5. The lowest BCUT2D eigenvalue weighted by Gasteiger charge is -2.18. The summed E-state index contributed by atoms with van der Waals surface area (Å²) in [5.74, 6) is 4.96. The molecule has 0 aromatic carbocycles. The monoisotopic (exact) mass is 517 g/mol. The first-order chi connectivity index (χ1) is 16.7. The van der Waals surface area contributed by atoms with Gasteiger partial charge in [-0.05, 0) is 83.0 Å². The molecule has 0 radical (unpaired) electrons. The normalized spacial score (nSPS) is 16.4. The van der Waals surface area contributed by atoms with Crippen LogP contribution in [0.5, 0.6) is 0 Å². The topological polar surface area (TPSA) is 79.5 Å². The Hall–Kier alpha value is -2.41. The minimum atomic E-state index is -1.79. The largest absolute Gasteiger partial charge is 0.459 e. The molecular weight excluding hydrogens is 485 g/mol. The summed E-state index contributed by atoms with van der Waals surface area (Å²) in [5, 5.41) is 9.63. The van der Waals surface area contributed by atoms with Crippen molar-refractivity contribution in [1.82, 2.24) is 10.6 Å². The Balaban J connectivity index is 1.56. The standard InChI is InChI=1S/C26H32FN3O3S2/c1-5-11-26(4,27)22-18(16-10-12-28-14-20(16)34-22)13-29-25(32)30-23-21(24(31)33-15(2)3)17-8-6-7-9-19(17)35-23/h15,28H,6-10,12-14H2,1-4H3,(H2,29,30,32). The van der Waals surface area contributed by atoms with Crippen LogP contribution in [0.2, 0.25) is 0 Å². The number of thiophene rings is 2. The molecule has 0 spiro atoms. The Morgan fingerprint density at radius 3 is 2.69 bits per heavy atom. The Morgan fingerprint density at radius 1 is 1.17 bits per heavy atom. The fraction of sp³-hybridized carbons (Fsp3) is 0.538. The molecule has 0 saturated carbocycles. The SMILES string of the molecule is CC#CC(C)(F)c1sc2c(c1CNC(=O)Nc1sc3c(c1C(=O)OC(C)C)CCCC3)CCNC2. The van der Waals surface area contributed by atoms with Crippen LogP contribution in [-0.2, 0) is 42.8 Å². The molecule has 4 rings (SSSR count). The van der Waals surface area contributed by atoms with E-state index < -0.39 is 17.7 Å². The minimum Gasteiger partial charge on any atom is -0.459 e. The van der Waals surface area contributed by atoms with E-state index in [0.717, 1.165) is 65.1 Å². The zero-order chi connectivity index (χ0) is 25.2. The van der Waals surface area contributed by atoms with Gasteiger partial charge in [-0.1, -0.05) is 5.92 Å². The van der Waals surface area contributed by atoms with Crippen LogP contribution in [-0.4, -0.2) is 24.6 Å². The Morgan fingerprint density at radius 2 is 1.94 bits per heavy atom. The van der Waals surface area contributed by atoms with Gasteiger partial charge in [0, 0.05) is 22.8 Å². The molecule has 1 aliphatic heterocycles. The fourth-order valence-corrected chi connectivity index (χ4v) is 7.32. The molecule has 188 valence electrons. The van der Waals surface area contributed by atoms with E-state index in [2.05, 4.69) is 27.8 Å². The van der Waals surface area contributed by atoms with Gasteiger partial charge in [-0.15, -0.1) is 28.6 Å². The van der Waals surface area contributed by atoms with Gasteiger partial charge in [0.25, 0.3) is 0 Å². The average Bonchev–Trinajstić information content (AvgIpc) is 3.35. The number of nitrogens with one attached hydrogen (secondary N) is 3. The third-order valence-electron chi connectivity index (χ3n) is 6.19. The zero-order valence-corrected chi connectivity index (χ0v) is 22.3. The summed E-state index contributed by atoms with van der Waals surface area (Å²) in [6.45, 7) is 8.42. The Kier molecular flexibility index (Phi) is 7.84. The van der Waals surface area contributed by atoms with Gasteiger partial charge >= 0.3 is 12.0 Å². The van der Waals surface area contributed by atoms with Crippen molar-refractivity contribution in [2.45, 2.75) is 84.7 Å². The molecule has 2 aliphatic rings. The van der Waals surface area contributed by atoms with Crippen LogP contribution in [0.4, 0.5) is 14.2 Å². The van der Waals surface area contributed by atoms with Crippen LogP contribution in [0.1, 0.15) is 82.2 Å². The van der Waals surface area contributed by atoms with Crippen molar-refractivity contribution in [3.05, 3.63) is 36.9 Å². The lowest BCUT2D eigenvalue weighted by atomic mass is 9.95. The summed E-state index contributed by atoms with van der Waals surface area (Å²) >= 11 is 2.87. The molecule has 35 heavy (non-hydrogen) atoms. The molecule has 9 heteroatoms. The van der Waals surface area contributed by atoms with Crippen molar-refractivity contribution in [2.24, 2.45) is 0 Å². The van der Waals surface area contributed by atoms with E-state index in [1.54, 1.807) is 6.92 Å². The third-order valence-corrected chi connectivity index (χ3v) is 8.87. The number of anilines is 1. The summed E-state index contributed by atoms with van der Waals surface area (Å²) in [4.78, 5) is 28.6. The van der Waals surface area contributed by atoms with Gasteiger partial charge in [0.05, 0.1) is 16.5 Å². The Bertz CT molecular complexity index is 1190. The Labute approximate surface area is 214 Å². The van der Waals surface area contributed by atoms with E-state index >= 15 is 4.39 Å². The highest BCUT2D eigenvalue weighted by molar-refractivity contribution is 7.17. The zero-order valence-electron chi connectivity index (χ0n) is 20.7. The number of hydrogen-bond donors (Lipinski definition) is 3. The smallest absolute Gasteiger partial charge is 0.341 e. The summed E-state index contributed by atoms with van der Waals surface area (Å²) in [5.41, 5.74) is 1.58. The number of alkyl halides is 1. The summed E-state index contributed by atoms with van der Waals surface area (Å²) in [6, 6.07) is -0.427. The molecule has 6 nitrogen and oxygen atoms in total. The van der Waals surface area contributed by atoms with Crippen LogP contribution >= 0.6 is 22.7 Å². The molecule has 2 amide bonds. The van der Waals surface area contributed by atoms with Gasteiger partial charge in [-0.25, -0.2) is 14.0 Å². The number of ether oxygens (including phenoxy) is 1. The van der Waals surface area contributed by atoms with Gasteiger partial charge in [0.1, 0.15) is 5.00 Å². The first kappa shape index (κ1) is 25.7. The molecule has 1 unspecified atom stereocenters. The molecule has 1 aliphatic carbocycles. The molecule has 0 bridgehead atoms. The van der Waals surface area contributed by atoms with Gasteiger partial charge in [-0.2, -0.15) is 0 Å². The second-order valence-electron chi connectivity index (χ2n) is 9.29. The fourth-order valence-electron chi connectivity index (χ4n) is 4.72. The molecule has 3 heterocycles. The number of aryl methyl sites for hydroxylation is 1. The maximum atomic E-state index is 15.5. The number of esters is 1. The van der Waals surface area contributed by atoms with Crippen LogP contribution in [0.15, 0.2) is 0 Å². The van der Waals surface area contributed by atoms with Gasteiger partial charge in [0.2, 0.25) is 5.67 Å². The molecule has 0 fully saturated rings. The van der Waals surface area contributed by atoms with E-state index in [-0.39, 0.29) is 12.6 Å². The van der Waals surface area contributed by atoms with Crippen molar-refractivity contribution in [1.29, 1.82) is 0 Å². The van der Waals surface area contributed by atoms with Crippen molar-refractivity contribution in [3.63, 3.8) is 0 Å². The molecular formula is C26H32FN3O3S2. The van der Waals surface area contributed by atoms with E-state index in [0.29, 0.717) is 22.0 Å². The summed E-state index contributed by atoms with van der Waals surface area (Å²) < 4.78 is 20.9. The summed E-state index contributed by atoms with van der Waals surface area (Å²) in [6.07, 6.45) is 4.33. The predicted molar refractivity (Wildman–Crippen MR) is 139 cm³/mol. The van der Waals surface area contributed by atoms with Crippen molar-refractivity contribution >= 4 is 39.7 Å². The number of hydrogen-bond acceptors (Lipinski definition) is 6. The maximum Gasteiger partial charge on any atom is 0.341 e. The first-order valence-corrected chi connectivity index (χ1v) is 13.7. The molecule has 2 aromatic heterocycles. The van der Waals surface area contributed by atoms with E-state index in [1.807, 2.05) is 13.8 Å². The van der Waals surface area contributed by atoms with E-state index in [1.165, 1.54) is 29.6 Å². The second kappa shape index (κ2) is 10.7. The number of fused-ring (bicyclic) bond motifs is 2. The third kappa shape index (κ3) is 5.55.